The van der Waals surface area contributed by atoms with Crippen molar-refractivity contribution in [1.29, 1.82) is 0 Å². The highest BCUT2D eigenvalue weighted by atomic mass is 19.2. The van der Waals surface area contributed by atoms with Gasteiger partial charge < -0.3 is 9.67 Å². The topological polar surface area (TPSA) is 83.7 Å². The van der Waals surface area contributed by atoms with Crippen LogP contribution in [0.4, 0.5) is 13.2 Å². The Morgan fingerprint density at radius 1 is 1.00 bits per heavy atom. The summed E-state index contributed by atoms with van der Waals surface area (Å²) in [4.78, 5) is 24.0. The third kappa shape index (κ3) is 4.09. The smallest absolute Gasteiger partial charge is 0.337 e. The van der Waals surface area contributed by atoms with Crippen LogP contribution in [0, 0.1) is 31.3 Å². The molecule has 3 aromatic rings. The Labute approximate surface area is 169 Å². The Kier molecular flexibility index (Phi) is 5.72. The molecule has 1 amide bonds. The van der Waals surface area contributed by atoms with Crippen LogP contribution in [0.25, 0.3) is 5.69 Å². The number of carboxylic acids is 1. The fourth-order valence-corrected chi connectivity index (χ4v) is 2.97. The predicted molar refractivity (Wildman–Crippen MR) is 104 cm³/mol. The van der Waals surface area contributed by atoms with Crippen LogP contribution in [-0.2, 0) is 0 Å². The second kappa shape index (κ2) is 8.24. The SMILES string of the molecule is Cc1ccc(C)n1-c1cc(C(=O)N/N=C/c2cc(F)c(F)c(F)c2)ccc1C(=O)O. The van der Waals surface area contributed by atoms with E-state index in [1.807, 2.05) is 12.1 Å². The molecule has 0 unspecified atom stereocenters. The number of carbonyl (C=O) groups excluding carboxylic acids is 1. The van der Waals surface area contributed by atoms with Crippen molar-refractivity contribution in [2.45, 2.75) is 13.8 Å². The largest absolute Gasteiger partial charge is 0.478 e. The van der Waals surface area contributed by atoms with E-state index in [0.29, 0.717) is 5.69 Å². The van der Waals surface area contributed by atoms with Crippen molar-refractivity contribution in [1.82, 2.24) is 9.99 Å². The molecule has 0 spiro atoms. The van der Waals surface area contributed by atoms with Crippen molar-refractivity contribution >= 4 is 18.1 Å². The molecule has 3 rings (SSSR count). The molecule has 2 N–H and O–H groups in total. The maximum absolute atomic E-state index is 13.2. The van der Waals surface area contributed by atoms with Gasteiger partial charge in [-0.25, -0.2) is 23.4 Å². The Bertz CT molecular complexity index is 1140. The van der Waals surface area contributed by atoms with Gasteiger partial charge in [-0.15, -0.1) is 0 Å². The van der Waals surface area contributed by atoms with E-state index in [4.69, 9.17) is 0 Å². The summed E-state index contributed by atoms with van der Waals surface area (Å²) in [5.41, 5.74) is 4.10. The Hall–Kier alpha value is -3.88. The third-order valence-electron chi connectivity index (χ3n) is 4.39. The van der Waals surface area contributed by atoms with Gasteiger partial charge in [-0.1, -0.05) is 0 Å². The van der Waals surface area contributed by atoms with E-state index >= 15 is 0 Å². The molecule has 9 heteroatoms. The summed E-state index contributed by atoms with van der Waals surface area (Å²) >= 11 is 0. The van der Waals surface area contributed by atoms with Crippen molar-refractivity contribution in [3.8, 4) is 5.69 Å². The molecule has 2 aromatic carbocycles. The lowest BCUT2D eigenvalue weighted by molar-refractivity contribution is 0.0696. The Morgan fingerprint density at radius 3 is 2.17 bits per heavy atom. The number of aromatic carboxylic acids is 1. The summed E-state index contributed by atoms with van der Waals surface area (Å²) < 4.78 is 41.1. The monoisotopic (exact) mass is 415 g/mol. The molecule has 0 radical (unpaired) electrons. The first kappa shape index (κ1) is 20.8. The van der Waals surface area contributed by atoms with Crippen molar-refractivity contribution < 1.29 is 27.9 Å². The van der Waals surface area contributed by atoms with Crippen molar-refractivity contribution in [3.63, 3.8) is 0 Å². The van der Waals surface area contributed by atoms with Gasteiger partial charge in [-0.3, -0.25) is 4.79 Å². The summed E-state index contributed by atoms with van der Waals surface area (Å²) in [7, 11) is 0. The molecule has 1 heterocycles. The van der Waals surface area contributed by atoms with Crippen molar-refractivity contribution in [3.05, 3.63) is 88.0 Å². The van der Waals surface area contributed by atoms with E-state index in [-0.39, 0.29) is 16.7 Å². The molecule has 0 saturated carbocycles. The number of rotatable bonds is 5. The maximum Gasteiger partial charge on any atom is 0.337 e. The molecule has 0 fully saturated rings. The second-order valence-electron chi connectivity index (χ2n) is 6.49. The van der Waals surface area contributed by atoms with Crippen LogP contribution in [0.5, 0.6) is 0 Å². The number of hydrogen-bond acceptors (Lipinski definition) is 3. The summed E-state index contributed by atoms with van der Waals surface area (Å²) in [6, 6.07) is 9.13. The van der Waals surface area contributed by atoms with E-state index in [2.05, 4.69) is 10.5 Å². The first-order chi connectivity index (χ1) is 14.2. The van der Waals surface area contributed by atoms with Gasteiger partial charge in [0.1, 0.15) is 0 Å². The third-order valence-corrected chi connectivity index (χ3v) is 4.39. The first-order valence-corrected chi connectivity index (χ1v) is 8.69. The Balaban J connectivity index is 1.88. The van der Waals surface area contributed by atoms with E-state index < -0.39 is 29.3 Å². The molecule has 0 saturated heterocycles. The van der Waals surface area contributed by atoms with Crippen LogP contribution in [0.1, 0.15) is 37.7 Å². The highest BCUT2D eigenvalue weighted by Crippen LogP contribution is 2.22. The minimum absolute atomic E-state index is 0.00899. The van der Waals surface area contributed by atoms with E-state index in [0.717, 1.165) is 29.7 Å². The lowest BCUT2D eigenvalue weighted by Gasteiger charge is -2.14. The minimum atomic E-state index is -1.60. The summed E-state index contributed by atoms with van der Waals surface area (Å²) in [5.74, 6) is -6.18. The quantitative estimate of drug-likeness (QED) is 0.376. The van der Waals surface area contributed by atoms with Gasteiger partial charge in [0.2, 0.25) is 0 Å². The van der Waals surface area contributed by atoms with E-state index in [1.54, 1.807) is 18.4 Å². The van der Waals surface area contributed by atoms with Crippen molar-refractivity contribution in [2.24, 2.45) is 5.10 Å². The van der Waals surface area contributed by atoms with Gasteiger partial charge in [0.25, 0.3) is 5.91 Å². The zero-order valence-corrected chi connectivity index (χ0v) is 15.9. The number of aryl methyl sites for hydroxylation is 2. The zero-order chi connectivity index (χ0) is 22.0. The summed E-state index contributed by atoms with van der Waals surface area (Å²) in [5, 5.41) is 13.1. The van der Waals surface area contributed by atoms with Crippen LogP contribution in [0.3, 0.4) is 0 Å². The number of hydrazone groups is 1. The molecule has 0 bridgehead atoms. The first-order valence-electron chi connectivity index (χ1n) is 8.69. The van der Waals surface area contributed by atoms with Crippen LogP contribution in [0.2, 0.25) is 0 Å². The average molecular weight is 415 g/mol. The zero-order valence-electron chi connectivity index (χ0n) is 15.9. The molecular weight excluding hydrogens is 399 g/mol. The molecule has 1 aromatic heterocycles. The normalized spacial score (nSPS) is 11.1. The fraction of sp³-hybridized carbons (Fsp3) is 0.0952. The summed E-state index contributed by atoms with van der Waals surface area (Å²) in [6.07, 6.45) is 0.955. The molecular formula is C21H16F3N3O3. The second-order valence-corrected chi connectivity index (χ2v) is 6.49. The van der Waals surface area contributed by atoms with Crippen LogP contribution >= 0.6 is 0 Å². The minimum Gasteiger partial charge on any atom is -0.478 e. The number of nitrogens with one attached hydrogen (secondary N) is 1. The van der Waals surface area contributed by atoms with Gasteiger partial charge >= 0.3 is 5.97 Å². The predicted octanol–water partition coefficient (Wildman–Crippen LogP) is 3.97. The maximum atomic E-state index is 13.2. The highest BCUT2D eigenvalue weighted by Gasteiger charge is 2.17. The summed E-state index contributed by atoms with van der Waals surface area (Å²) in [6.45, 7) is 3.60. The number of carbonyl (C=O) groups is 2. The Morgan fingerprint density at radius 2 is 1.60 bits per heavy atom. The van der Waals surface area contributed by atoms with Gasteiger partial charge in [-0.05, 0) is 56.3 Å². The number of carboxylic acid groups (broad SMARTS) is 1. The molecule has 0 aliphatic carbocycles. The molecule has 6 nitrogen and oxygen atoms in total. The van der Waals surface area contributed by atoms with Crippen molar-refractivity contribution in [2.75, 3.05) is 0 Å². The standard InChI is InChI=1S/C21H16F3N3O3/c1-11-3-4-12(2)27(11)18-9-14(5-6-15(18)21(29)30)20(28)26-25-10-13-7-16(22)19(24)17(23)8-13/h3-10H,1-2H3,(H,26,28)(H,29,30)/b25-10+. The molecule has 0 aliphatic heterocycles. The van der Waals surface area contributed by atoms with Gasteiger partial charge in [0.05, 0.1) is 17.5 Å². The molecule has 0 aliphatic rings. The number of halogens is 3. The van der Waals surface area contributed by atoms with Gasteiger partial charge in [0.15, 0.2) is 17.5 Å². The number of hydrogen-bond donors (Lipinski definition) is 2. The molecule has 30 heavy (non-hydrogen) atoms. The van der Waals surface area contributed by atoms with Crippen LogP contribution in [-0.4, -0.2) is 27.8 Å². The van der Waals surface area contributed by atoms with E-state index in [9.17, 15) is 27.9 Å². The number of amides is 1. The van der Waals surface area contributed by atoms with Crippen LogP contribution in [0.15, 0.2) is 47.6 Å². The van der Waals surface area contributed by atoms with Gasteiger partial charge in [0, 0.05) is 22.5 Å². The number of aromatic nitrogens is 1. The highest BCUT2D eigenvalue weighted by molar-refractivity contribution is 5.98. The number of nitrogens with zero attached hydrogens (tertiary/aromatic N) is 2. The van der Waals surface area contributed by atoms with E-state index in [1.165, 1.54) is 18.2 Å². The lowest BCUT2D eigenvalue weighted by atomic mass is 10.1. The molecule has 0 atom stereocenters. The average Bonchev–Trinajstić information content (AvgIpc) is 3.03. The van der Waals surface area contributed by atoms with Gasteiger partial charge in [-0.2, -0.15) is 5.10 Å². The lowest BCUT2D eigenvalue weighted by Crippen LogP contribution is -2.19. The van der Waals surface area contributed by atoms with Crippen LogP contribution < -0.4 is 5.43 Å². The number of benzene rings is 2. The molecule has 154 valence electrons. The fourth-order valence-electron chi connectivity index (χ4n) is 2.97.